The van der Waals surface area contributed by atoms with Crippen molar-refractivity contribution in [3.8, 4) is 22.6 Å². The molecule has 1 fully saturated rings. The third-order valence-corrected chi connectivity index (χ3v) is 6.82. The van der Waals surface area contributed by atoms with Crippen LogP contribution in [-0.4, -0.2) is 43.7 Å². The minimum atomic E-state index is -0.182. The molecule has 4 rings (SSSR count). The zero-order valence-corrected chi connectivity index (χ0v) is 21.2. The maximum absolute atomic E-state index is 13.3. The minimum Gasteiger partial charge on any atom is -0.496 e. The molecule has 0 unspecified atom stereocenters. The highest BCUT2D eigenvalue weighted by Gasteiger charge is 2.25. The Kier molecular flexibility index (Phi) is 8.09. The van der Waals surface area contributed by atoms with Crippen molar-refractivity contribution in [2.75, 3.05) is 32.1 Å². The fraction of sp³-hybridized carbons (Fsp3) is 0.367. The summed E-state index contributed by atoms with van der Waals surface area (Å²) in [5.74, 6) is 1.70. The number of hydrogen-bond donors (Lipinski definition) is 1. The Balaban J connectivity index is 1.55. The van der Waals surface area contributed by atoms with Gasteiger partial charge in [-0.1, -0.05) is 36.4 Å². The van der Waals surface area contributed by atoms with E-state index in [4.69, 9.17) is 9.47 Å². The molecule has 1 amide bonds. The molecule has 0 saturated carbocycles. The van der Waals surface area contributed by atoms with Crippen molar-refractivity contribution in [1.29, 1.82) is 0 Å². The molecule has 0 spiro atoms. The van der Waals surface area contributed by atoms with Crippen molar-refractivity contribution >= 4 is 11.6 Å². The van der Waals surface area contributed by atoms with Crippen LogP contribution >= 0.6 is 0 Å². The summed E-state index contributed by atoms with van der Waals surface area (Å²) in [6, 6.07) is 22.4. The predicted molar refractivity (Wildman–Crippen MR) is 143 cm³/mol. The first-order valence-electron chi connectivity index (χ1n) is 12.6. The van der Waals surface area contributed by atoms with Gasteiger partial charge in [-0.15, -0.1) is 0 Å². The average molecular weight is 473 g/mol. The van der Waals surface area contributed by atoms with Crippen molar-refractivity contribution in [3.63, 3.8) is 0 Å². The number of amides is 1. The Morgan fingerprint density at radius 3 is 2.37 bits per heavy atom. The van der Waals surface area contributed by atoms with E-state index in [0.717, 1.165) is 54.1 Å². The van der Waals surface area contributed by atoms with E-state index in [1.807, 2.05) is 55.5 Å². The van der Waals surface area contributed by atoms with E-state index in [0.29, 0.717) is 29.9 Å². The maximum atomic E-state index is 13.3. The second-order valence-corrected chi connectivity index (χ2v) is 9.32. The standard InChI is InChI=1S/C30H36N2O3/c1-5-35-29-19-24(22-9-7-6-8-10-22)11-13-26(29)30(33)31-25-12-14-28(34-4)27(20-25)23-15-17-32(18-16-23)21(2)3/h6-14,19-21,23H,5,15-18H2,1-4H3,(H,31,33). The van der Waals surface area contributed by atoms with Gasteiger partial charge in [0, 0.05) is 11.7 Å². The van der Waals surface area contributed by atoms with Crippen LogP contribution in [0.25, 0.3) is 11.1 Å². The van der Waals surface area contributed by atoms with E-state index in [2.05, 4.69) is 42.3 Å². The third kappa shape index (κ3) is 5.85. The van der Waals surface area contributed by atoms with E-state index in [9.17, 15) is 4.79 Å². The molecule has 1 aliphatic heterocycles. The second-order valence-electron chi connectivity index (χ2n) is 9.32. The molecule has 0 aromatic heterocycles. The molecular formula is C30H36N2O3. The number of nitrogens with zero attached hydrogens (tertiary/aromatic N) is 1. The van der Waals surface area contributed by atoms with Crippen molar-refractivity contribution < 1.29 is 14.3 Å². The van der Waals surface area contributed by atoms with E-state index in [-0.39, 0.29) is 5.91 Å². The fourth-order valence-electron chi connectivity index (χ4n) is 4.85. The van der Waals surface area contributed by atoms with E-state index < -0.39 is 0 Å². The Bertz CT molecular complexity index is 1140. The van der Waals surface area contributed by atoms with Crippen LogP contribution in [0.2, 0.25) is 0 Å². The predicted octanol–water partition coefficient (Wildman–Crippen LogP) is 6.60. The normalized spacial score (nSPS) is 14.7. The van der Waals surface area contributed by atoms with Gasteiger partial charge in [-0.3, -0.25) is 4.79 Å². The smallest absolute Gasteiger partial charge is 0.259 e. The number of benzene rings is 3. The molecule has 184 valence electrons. The van der Waals surface area contributed by atoms with Crippen molar-refractivity contribution in [2.45, 2.75) is 45.6 Å². The van der Waals surface area contributed by atoms with Crippen molar-refractivity contribution in [1.82, 2.24) is 4.90 Å². The Labute approximate surface area is 209 Å². The summed E-state index contributed by atoms with van der Waals surface area (Å²) in [6.07, 6.45) is 2.17. The number of rotatable bonds is 8. The number of methoxy groups -OCH3 is 1. The van der Waals surface area contributed by atoms with Crippen LogP contribution in [0.15, 0.2) is 66.7 Å². The highest BCUT2D eigenvalue weighted by atomic mass is 16.5. The first-order chi connectivity index (χ1) is 17.0. The molecule has 3 aromatic carbocycles. The first-order valence-corrected chi connectivity index (χ1v) is 12.6. The van der Waals surface area contributed by atoms with Gasteiger partial charge in [0.15, 0.2) is 0 Å². The Morgan fingerprint density at radius 1 is 0.971 bits per heavy atom. The SMILES string of the molecule is CCOc1cc(-c2ccccc2)ccc1C(=O)Nc1ccc(OC)c(C2CCN(C(C)C)CC2)c1. The van der Waals surface area contributed by atoms with E-state index in [1.165, 1.54) is 0 Å². The van der Waals surface area contributed by atoms with Crippen LogP contribution in [0, 0.1) is 0 Å². The lowest BCUT2D eigenvalue weighted by Gasteiger charge is -2.35. The van der Waals surface area contributed by atoms with Gasteiger partial charge < -0.3 is 19.7 Å². The summed E-state index contributed by atoms with van der Waals surface area (Å²) in [5.41, 5.74) is 4.56. The van der Waals surface area contributed by atoms with Crippen LogP contribution in [-0.2, 0) is 0 Å². The summed E-state index contributed by atoms with van der Waals surface area (Å²) in [6.45, 7) is 9.07. The average Bonchev–Trinajstić information content (AvgIpc) is 2.89. The summed E-state index contributed by atoms with van der Waals surface area (Å²) in [7, 11) is 1.71. The number of carbonyl (C=O) groups excluding carboxylic acids is 1. The van der Waals surface area contributed by atoms with Crippen LogP contribution in [0.1, 0.15) is 55.5 Å². The van der Waals surface area contributed by atoms with Gasteiger partial charge in [-0.25, -0.2) is 0 Å². The number of piperidine rings is 1. The molecular weight excluding hydrogens is 436 g/mol. The van der Waals surface area contributed by atoms with E-state index >= 15 is 0 Å². The first kappa shape index (κ1) is 24.8. The van der Waals surface area contributed by atoms with Crippen LogP contribution in [0.5, 0.6) is 11.5 Å². The summed E-state index contributed by atoms with van der Waals surface area (Å²) >= 11 is 0. The zero-order valence-electron chi connectivity index (χ0n) is 21.2. The quantitative estimate of drug-likeness (QED) is 0.401. The van der Waals surface area contributed by atoms with Gasteiger partial charge in [0.25, 0.3) is 5.91 Å². The van der Waals surface area contributed by atoms with Gasteiger partial charge in [0.1, 0.15) is 11.5 Å². The van der Waals surface area contributed by atoms with Crippen molar-refractivity contribution in [3.05, 3.63) is 77.9 Å². The van der Waals surface area contributed by atoms with Crippen LogP contribution < -0.4 is 14.8 Å². The minimum absolute atomic E-state index is 0.182. The zero-order chi connectivity index (χ0) is 24.8. The maximum Gasteiger partial charge on any atom is 0.259 e. The summed E-state index contributed by atoms with van der Waals surface area (Å²) in [5, 5.41) is 3.09. The topological polar surface area (TPSA) is 50.8 Å². The van der Waals surface area contributed by atoms with Crippen LogP contribution in [0.3, 0.4) is 0 Å². The molecule has 0 bridgehead atoms. The van der Waals surface area contributed by atoms with Gasteiger partial charge in [0.2, 0.25) is 0 Å². The Morgan fingerprint density at radius 2 is 1.71 bits per heavy atom. The lowest BCUT2D eigenvalue weighted by atomic mass is 9.88. The molecule has 5 nitrogen and oxygen atoms in total. The molecule has 0 radical (unpaired) electrons. The van der Waals surface area contributed by atoms with Gasteiger partial charge in [-0.05, 0) is 99.6 Å². The van der Waals surface area contributed by atoms with Gasteiger partial charge in [0.05, 0.1) is 19.3 Å². The number of hydrogen-bond acceptors (Lipinski definition) is 4. The fourth-order valence-corrected chi connectivity index (χ4v) is 4.85. The summed E-state index contributed by atoms with van der Waals surface area (Å²) < 4.78 is 11.5. The highest BCUT2D eigenvalue weighted by molar-refractivity contribution is 6.06. The number of anilines is 1. The lowest BCUT2D eigenvalue weighted by molar-refractivity contribution is 0.102. The van der Waals surface area contributed by atoms with Crippen molar-refractivity contribution in [2.24, 2.45) is 0 Å². The monoisotopic (exact) mass is 472 g/mol. The summed E-state index contributed by atoms with van der Waals surface area (Å²) in [4.78, 5) is 15.8. The highest BCUT2D eigenvalue weighted by Crippen LogP contribution is 2.37. The molecule has 5 heteroatoms. The molecule has 1 N–H and O–H groups in total. The molecule has 35 heavy (non-hydrogen) atoms. The number of nitrogens with one attached hydrogen (secondary N) is 1. The number of carbonyl (C=O) groups is 1. The molecule has 1 aliphatic rings. The number of likely N-dealkylation sites (tertiary alicyclic amines) is 1. The molecule has 0 aliphatic carbocycles. The molecule has 3 aromatic rings. The lowest BCUT2D eigenvalue weighted by Crippen LogP contribution is -2.37. The third-order valence-electron chi connectivity index (χ3n) is 6.82. The van der Waals surface area contributed by atoms with Gasteiger partial charge in [-0.2, -0.15) is 0 Å². The molecule has 0 atom stereocenters. The van der Waals surface area contributed by atoms with Crippen LogP contribution in [0.4, 0.5) is 5.69 Å². The molecule has 1 heterocycles. The second kappa shape index (κ2) is 11.4. The Hall–Kier alpha value is -3.31. The number of ether oxygens (including phenoxy) is 2. The van der Waals surface area contributed by atoms with E-state index in [1.54, 1.807) is 7.11 Å². The largest absolute Gasteiger partial charge is 0.496 e. The molecule has 1 saturated heterocycles. The van der Waals surface area contributed by atoms with Gasteiger partial charge >= 0.3 is 0 Å².